The van der Waals surface area contributed by atoms with Gasteiger partial charge in [0, 0.05) is 11.3 Å². The van der Waals surface area contributed by atoms with E-state index in [4.69, 9.17) is 19.3 Å². The number of halogens is 2. The van der Waals surface area contributed by atoms with Gasteiger partial charge < -0.3 is 19.5 Å². The van der Waals surface area contributed by atoms with Gasteiger partial charge in [-0.15, -0.1) is 5.10 Å². The summed E-state index contributed by atoms with van der Waals surface area (Å²) in [6.45, 7) is 6.22. The van der Waals surface area contributed by atoms with Crippen molar-refractivity contribution in [3.05, 3.63) is 105 Å². The van der Waals surface area contributed by atoms with Gasteiger partial charge >= 0.3 is 5.97 Å². The summed E-state index contributed by atoms with van der Waals surface area (Å²) in [5, 5.41) is 8.55. The molecule has 0 saturated heterocycles. The molecule has 5 rings (SSSR count). The second-order valence-electron chi connectivity index (χ2n) is 9.37. The number of hydrogen-bond acceptors (Lipinski definition) is 8. The summed E-state index contributed by atoms with van der Waals surface area (Å²) in [7, 11) is 0. The predicted octanol–water partition coefficient (Wildman–Crippen LogP) is 7.30. The van der Waals surface area contributed by atoms with E-state index in [-0.39, 0.29) is 19.0 Å². The number of nitrogens with zero attached hydrogens (tertiary/aromatic N) is 3. The highest BCUT2D eigenvalue weighted by Gasteiger charge is 2.36. The van der Waals surface area contributed by atoms with Crippen LogP contribution in [0.2, 0.25) is 0 Å². The molecule has 0 fully saturated rings. The van der Waals surface area contributed by atoms with Crippen LogP contribution in [0.1, 0.15) is 43.5 Å². The SMILES string of the molecule is CCOc1cc(C2C(C(=O)OCc3ccccc3)=C(C)Nc3nc(SCC)nn32)cc(Br)c1OCc1ccccc1F. The molecule has 218 valence electrons. The summed E-state index contributed by atoms with van der Waals surface area (Å²) in [6, 6.07) is 19.0. The van der Waals surface area contributed by atoms with Crippen LogP contribution in [0.5, 0.6) is 11.5 Å². The Bertz CT molecular complexity index is 1610. The lowest BCUT2D eigenvalue weighted by atomic mass is 9.95. The molecule has 0 spiro atoms. The van der Waals surface area contributed by atoms with Gasteiger partial charge in [-0.05, 0) is 64.9 Å². The molecule has 8 nitrogen and oxygen atoms in total. The highest BCUT2D eigenvalue weighted by atomic mass is 79.9. The average molecular weight is 654 g/mol. The lowest BCUT2D eigenvalue weighted by Gasteiger charge is -2.29. The Balaban J connectivity index is 1.54. The Morgan fingerprint density at radius 2 is 1.83 bits per heavy atom. The molecular weight excluding hydrogens is 623 g/mol. The van der Waals surface area contributed by atoms with Gasteiger partial charge in [-0.25, -0.2) is 13.9 Å². The Kier molecular flexibility index (Phi) is 9.48. The topological polar surface area (TPSA) is 87.5 Å². The number of esters is 1. The fourth-order valence-corrected chi connectivity index (χ4v) is 5.74. The Labute approximate surface area is 256 Å². The quantitative estimate of drug-likeness (QED) is 0.133. The summed E-state index contributed by atoms with van der Waals surface area (Å²) < 4.78 is 34.4. The third kappa shape index (κ3) is 6.47. The second kappa shape index (κ2) is 13.4. The first-order valence-electron chi connectivity index (χ1n) is 13.5. The number of ether oxygens (including phenoxy) is 3. The number of carbonyl (C=O) groups excluding carboxylic acids is 1. The summed E-state index contributed by atoms with van der Waals surface area (Å²) in [5.74, 6) is 1.34. The van der Waals surface area contributed by atoms with Gasteiger partial charge in [-0.3, -0.25) is 0 Å². The van der Waals surface area contributed by atoms with Crippen LogP contribution in [0.25, 0.3) is 0 Å². The molecule has 0 bridgehead atoms. The Morgan fingerprint density at radius 3 is 2.57 bits per heavy atom. The smallest absolute Gasteiger partial charge is 0.338 e. The fraction of sp³-hybridized carbons (Fsp3) is 0.258. The number of carbonyl (C=O) groups is 1. The van der Waals surface area contributed by atoms with E-state index in [1.165, 1.54) is 17.8 Å². The molecule has 4 aromatic rings. The maximum atomic E-state index is 14.3. The molecule has 2 heterocycles. The lowest BCUT2D eigenvalue weighted by Crippen LogP contribution is -2.29. The number of rotatable bonds is 11. The molecule has 11 heteroatoms. The first kappa shape index (κ1) is 29.7. The molecular formula is C31H30BrFN4O4S. The van der Waals surface area contributed by atoms with Crippen molar-refractivity contribution >= 4 is 39.6 Å². The van der Waals surface area contributed by atoms with Gasteiger partial charge in [-0.1, -0.05) is 67.2 Å². The van der Waals surface area contributed by atoms with E-state index in [1.807, 2.05) is 63.2 Å². The number of anilines is 1. The van der Waals surface area contributed by atoms with Gasteiger partial charge in [0.25, 0.3) is 0 Å². The first-order chi connectivity index (χ1) is 20.4. The van der Waals surface area contributed by atoms with Crippen molar-refractivity contribution in [3.63, 3.8) is 0 Å². The first-order valence-corrected chi connectivity index (χ1v) is 15.3. The maximum absolute atomic E-state index is 14.3. The van der Waals surface area contributed by atoms with Gasteiger partial charge in [0.1, 0.15) is 25.1 Å². The lowest BCUT2D eigenvalue weighted by molar-refractivity contribution is -0.140. The molecule has 1 atom stereocenters. The number of thioether (sulfide) groups is 1. The van der Waals surface area contributed by atoms with Gasteiger partial charge in [-0.2, -0.15) is 4.98 Å². The van der Waals surface area contributed by atoms with E-state index < -0.39 is 12.0 Å². The van der Waals surface area contributed by atoms with Gasteiger partial charge in [0.15, 0.2) is 11.5 Å². The minimum atomic E-state index is -0.667. The van der Waals surface area contributed by atoms with Crippen LogP contribution < -0.4 is 14.8 Å². The highest BCUT2D eigenvalue weighted by Crippen LogP contribution is 2.43. The molecule has 0 amide bonds. The van der Waals surface area contributed by atoms with Crippen LogP contribution in [-0.4, -0.2) is 33.1 Å². The van der Waals surface area contributed by atoms with Crippen molar-refractivity contribution in [1.29, 1.82) is 0 Å². The van der Waals surface area contributed by atoms with Crippen LogP contribution in [0.15, 0.2) is 87.6 Å². The van der Waals surface area contributed by atoms with Crippen molar-refractivity contribution in [2.75, 3.05) is 17.7 Å². The molecule has 1 N–H and O–H groups in total. The molecule has 3 aromatic carbocycles. The third-order valence-corrected chi connectivity index (χ3v) is 7.83. The predicted molar refractivity (Wildman–Crippen MR) is 163 cm³/mol. The zero-order valence-electron chi connectivity index (χ0n) is 23.4. The molecule has 0 radical (unpaired) electrons. The van der Waals surface area contributed by atoms with Crippen molar-refractivity contribution in [3.8, 4) is 11.5 Å². The number of allylic oxidation sites excluding steroid dienone is 1. The van der Waals surface area contributed by atoms with Crippen molar-refractivity contribution < 1.29 is 23.4 Å². The highest BCUT2D eigenvalue weighted by molar-refractivity contribution is 9.10. The maximum Gasteiger partial charge on any atom is 0.338 e. The molecule has 0 saturated carbocycles. The monoisotopic (exact) mass is 652 g/mol. The van der Waals surface area contributed by atoms with Crippen LogP contribution in [0, 0.1) is 5.82 Å². The number of nitrogens with one attached hydrogen (secondary N) is 1. The van der Waals surface area contributed by atoms with Crippen molar-refractivity contribution in [2.24, 2.45) is 0 Å². The zero-order chi connectivity index (χ0) is 29.6. The average Bonchev–Trinajstić information content (AvgIpc) is 3.38. The van der Waals surface area contributed by atoms with Crippen molar-refractivity contribution in [2.45, 2.75) is 45.2 Å². The zero-order valence-corrected chi connectivity index (χ0v) is 25.8. The number of fused-ring (bicyclic) bond motifs is 1. The summed E-state index contributed by atoms with van der Waals surface area (Å²) >= 11 is 5.14. The Morgan fingerprint density at radius 1 is 1.07 bits per heavy atom. The van der Waals surface area contributed by atoms with Crippen molar-refractivity contribution in [1.82, 2.24) is 14.8 Å². The van der Waals surface area contributed by atoms with E-state index in [0.717, 1.165) is 11.3 Å². The van der Waals surface area contributed by atoms with Gasteiger partial charge in [0.2, 0.25) is 11.1 Å². The van der Waals surface area contributed by atoms with Crippen LogP contribution in [0.4, 0.5) is 10.3 Å². The molecule has 1 aromatic heterocycles. The molecule has 1 unspecified atom stereocenters. The molecule has 42 heavy (non-hydrogen) atoms. The number of benzene rings is 3. The standard InChI is InChI=1S/C31H30BrFN4O4S/c1-4-39-25-16-22(15-23(32)28(25)40-18-21-13-9-10-14-24(21)33)27-26(29(38)41-17-20-11-7-6-8-12-20)19(3)34-30-35-31(42-5-2)36-37(27)30/h6-16,27H,4-5,17-18H2,1-3H3,(H,34,35,36). The number of hydrogen-bond donors (Lipinski definition) is 1. The fourth-order valence-electron chi connectivity index (χ4n) is 4.61. The summed E-state index contributed by atoms with van der Waals surface area (Å²) in [5.41, 5.74) is 3.01. The number of aromatic nitrogens is 3. The van der Waals surface area contributed by atoms with E-state index in [0.29, 0.717) is 56.1 Å². The molecule has 0 aliphatic carbocycles. The Hall–Kier alpha value is -3.83. The van der Waals surface area contributed by atoms with E-state index in [2.05, 4.69) is 26.2 Å². The van der Waals surface area contributed by atoms with E-state index >= 15 is 0 Å². The normalized spacial score (nSPS) is 14.3. The largest absolute Gasteiger partial charge is 0.490 e. The summed E-state index contributed by atoms with van der Waals surface area (Å²) in [6.07, 6.45) is 0. The van der Waals surface area contributed by atoms with E-state index in [1.54, 1.807) is 22.9 Å². The molecule has 1 aliphatic rings. The summed E-state index contributed by atoms with van der Waals surface area (Å²) in [4.78, 5) is 18.3. The third-order valence-electron chi connectivity index (χ3n) is 6.52. The molecule has 1 aliphatic heterocycles. The van der Waals surface area contributed by atoms with Crippen LogP contribution in [-0.2, 0) is 22.7 Å². The van der Waals surface area contributed by atoms with Gasteiger partial charge in [0.05, 0.1) is 16.7 Å². The second-order valence-corrected chi connectivity index (χ2v) is 11.5. The minimum absolute atomic E-state index is 0.0128. The van der Waals surface area contributed by atoms with Crippen LogP contribution in [0.3, 0.4) is 0 Å². The van der Waals surface area contributed by atoms with E-state index in [9.17, 15) is 9.18 Å². The minimum Gasteiger partial charge on any atom is -0.490 e. The van der Waals surface area contributed by atoms with Crippen LogP contribution >= 0.6 is 27.7 Å².